The molecule has 0 bridgehead atoms. The number of hydrogen-bond acceptors (Lipinski definition) is 3. The molecule has 1 fully saturated rings. The van der Waals surface area contributed by atoms with E-state index in [1.807, 2.05) is 6.92 Å². The minimum atomic E-state index is -0.167. The zero-order chi connectivity index (χ0) is 12.7. The van der Waals surface area contributed by atoms with Crippen LogP contribution < -0.4 is 5.32 Å². The first kappa shape index (κ1) is 14.0. The predicted octanol–water partition coefficient (Wildman–Crippen LogP) is 2.02. The second-order valence-electron chi connectivity index (χ2n) is 4.66. The van der Waals surface area contributed by atoms with Gasteiger partial charge in [0.1, 0.15) is 0 Å². The SMILES string of the molecule is CCOC(=O)[C@H]1CCCCCC[C@H]1NC(C)=O. The van der Waals surface area contributed by atoms with Gasteiger partial charge in [0, 0.05) is 13.0 Å². The molecule has 1 rings (SSSR count). The summed E-state index contributed by atoms with van der Waals surface area (Å²) in [7, 11) is 0. The molecule has 1 N–H and O–H groups in total. The molecular formula is C13H23NO3. The summed E-state index contributed by atoms with van der Waals surface area (Å²) in [5, 5.41) is 2.90. The van der Waals surface area contributed by atoms with Crippen LogP contribution in [0.1, 0.15) is 52.4 Å². The van der Waals surface area contributed by atoms with Crippen molar-refractivity contribution in [2.24, 2.45) is 5.92 Å². The molecule has 0 radical (unpaired) electrons. The molecule has 0 aromatic heterocycles. The van der Waals surface area contributed by atoms with E-state index in [1.54, 1.807) is 0 Å². The van der Waals surface area contributed by atoms with Gasteiger partial charge in [0.15, 0.2) is 0 Å². The van der Waals surface area contributed by atoms with Crippen LogP contribution in [-0.2, 0) is 14.3 Å². The number of amides is 1. The lowest BCUT2D eigenvalue weighted by Gasteiger charge is -2.28. The van der Waals surface area contributed by atoms with Crippen molar-refractivity contribution < 1.29 is 14.3 Å². The van der Waals surface area contributed by atoms with Crippen molar-refractivity contribution >= 4 is 11.9 Å². The molecule has 1 amide bonds. The predicted molar refractivity (Wildman–Crippen MR) is 65.4 cm³/mol. The van der Waals surface area contributed by atoms with Crippen molar-refractivity contribution in [3.05, 3.63) is 0 Å². The average molecular weight is 241 g/mol. The van der Waals surface area contributed by atoms with E-state index in [0.717, 1.165) is 25.7 Å². The maximum absolute atomic E-state index is 11.9. The fraction of sp³-hybridized carbons (Fsp3) is 0.846. The van der Waals surface area contributed by atoms with E-state index in [0.29, 0.717) is 6.61 Å². The molecule has 0 spiro atoms. The highest BCUT2D eigenvalue weighted by Crippen LogP contribution is 2.24. The van der Waals surface area contributed by atoms with Gasteiger partial charge in [-0.05, 0) is 19.8 Å². The van der Waals surface area contributed by atoms with Gasteiger partial charge in [-0.1, -0.05) is 25.7 Å². The number of rotatable bonds is 3. The Labute approximate surface area is 103 Å². The summed E-state index contributed by atoms with van der Waals surface area (Å²) in [4.78, 5) is 23.1. The molecule has 4 nitrogen and oxygen atoms in total. The Hall–Kier alpha value is -1.06. The van der Waals surface area contributed by atoms with Gasteiger partial charge in [-0.3, -0.25) is 9.59 Å². The molecule has 0 aliphatic heterocycles. The van der Waals surface area contributed by atoms with Crippen LogP contribution in [0.25, 0.3) is 0 Å². The van der Waals surface area contributed by atoms with E-state index < -0.39 is 0 Å². The normalized spacial score (nSPS) is 25.5. The van der Waals surface area contributed by atoms with E-state index in [4.69, 9.17) is 4.74 Å². The largest absolute Gasteiger partial charge is 0.466 e. The zero-order valence-electron chi connectivity index (χ0n) is 10.8. The van der Waals surface area contributed by atoms with E-state index in [1.165, 1.54) is 19.8 Å². The molecule has 0 aromatic carbocycles. The smallest absolute Gasteiger partial charge is 0.311 e. The van der Waals surface area contributed by atoms with E-state index >= 15 is 0 Å². The number of esters is 1. The summed E-state index contributed by atoms with van der Waals surface area (Å²) >= 11 is 0. The van der Waals surface area contributed by atoms with E-state index in [9.17, 15) is 9.59 Å². The minimum absolute atomic E-state index is 0.0492. The first-order valence-electron chi connectivity index (χ1n) is 6.59. The summed E-state index contributed by atoms with van der Waals surface area (Å²) in [6, 6.07) is -0.0492. The Morgan fingerprint density at radius 2 is 1.82 bits per heavy atom. The number of hydrogen-bond donors (Lipinski definition) is 1. The standard InChI is InChI=1S/C13H23NO3/c1-3-17-13(16)11-8-6-4-5-7-9-12(11)14-10(2)15/h11-12H,3-9H2,1-2H3,(H,14,15)/t11-,12+/m0/s1. The van der Waals surface area contributed by atoms with Gasteiger partial charge in [0.05, 0.1) is 12.5 Å². The van der Waals surface area contributed by atoms with Crippen LogP contribution >= 0.6 is 0 Å². The van der Waals surface area contributed by atoms with Crippen molar-refractivity contribution in [2.75, 3.05) is 6.61 Å². The quantitative estimate of drug-likeness (QED) is 0.769. The molecule has 0 saturated heterocycles. The molecular weight excluding hydrogens is 218 g/mol. The van der Waals surface area contributed by atoms with E-state index in [2.05, 4.69) is 5.32 Å². The van der Waals surface area contributed by atoms with Crippen LogP contribution in [0.2, 0.25) is 0 Å². The zero-order valence-corrected chi connectivity index (χ0v) is 10.8. The Kier molecular flexibility index (Phi) is 6.01. The maximum Gasteiger partial charge on any atom is 0.311 e. The highest BCUT2D eigenvalue weighted by atomic mass is 16.5. The summed E-state index contributed by atoms with van der Waals surface area (Å²) in [6.07, 6.45) is 6.17. The van der Waals surface area contributed by atoms with Crippen molar-refractivity contribution in [3.8, 4) is 0 Å². The Morgan fingerprint density at radius 3 is 2.41 bits per heavy atom. The molecule has 98 valence electrons. The third-order valence-electron chi connectivity index (χ3n) is 3.24. The van der Waals surface area contributed by atoms with Crippen molar-refractivity contribution in [3.63, 3.8) is 0 Å². The molecule has 4 heteroatoms. The summed E-state index contributed by atoms with van der Waals surface area (Å²) in [5.41, 5.74) is 0. The van der Waals surface area contributed by atoms with Crippen molar-refractivity contribution in [1.82, 2.24) is 5.32 Å². The van der Waals surface area contributed by atoms with Crippen molar-refractivity contribution in [2.45, 2.75) is 58.4 Å². The van der Waals surface area contributed by atoms with Gasteiger partial charge in [-0.25, -0.2) is 0 Å². The molecule has 1 aliphatic carbocycles. The second-order valence-corrected chi connectivity index (χ2v) is 4.66. The number of carbonyl (C=O) groups is 2. The Bertz CT molecular complexity index is 265. The average Bonchev–Trinajstić information content (AvgIpc) is 2.22. The van der Waals surface area contributed by atoms with Gasteiger partial charge in [0.25, 0.3) is 0 Å². The summed E-state index contributed by atoms with van der Waals surface area (Å²) in [6.45, 7) is 3.72. The van der Waals surface area contributed by atoms with Crippen LogP contribution in [0, 0.1) is 5.92 Å². The molecule has 0 unspecified atom stereocenters. The molecule has 2 atom stereocenters. The first-order chi connectivity index (χ1) is 8.15. The van der Waals surface area contributed by atoms with Gasteiger partial charge in [-0.2, -0.15) is 0 Å². The van der Waals surface area contributed by atoms with E-state index in [-0.39, 0.29) is 23.8 Å². The Balaban J connectivity index is 2.67. The summed E-state index contributed by atoms with van der Waals surface area (Å²) in [5.74, 6) is -0.392. The molecule has 0 aromatic rings. The maximum atomic E-state index is 11.9. The molecule has 1 aliphatic rings. The lowest BCUT2D eigenvalue weighted by molar-refractivity contribution is -0.149. The van der Waals surface area contributed by atoms with Crippen LogP contribution in [0.5, 0.6) is 0 Å². The lowest BCUT2D eigenvalue weighted by Crippen LogP contribution is -2.43. The second kappa shape index (κ2) is 7.30. The van der Waals surface area contributed by atoms with Crippen LogP contribution in [0.15, 0.2) is 0 Å². The Morgan fingerprint density at radius 1 is 1.18 bits per heavy atom. The molecule has 1 saturated carbocycles. The summed E-state index contributed by atoms with van der Waals surface area (Å²) < 4.78 is 5.10. The fourth-order valence-corrected chi connectivity index (χ4v) is 2.45. The number of ether oxygens (including phenoxy) is 1. The van der Waals surface area contributed by atoms with Gasteiger partial charge in [-0.15, -0.1) is 0 Å². The number of carbonyl (C=O) groups excluding carboxylic acids is 2. The third kappa shape index (κ3) is 4.75. The highest BCUT2D eigenvalue weighted by molar-refractivity contribution is 5.77. The highest BCUT2D eigenvalue weighted by Gasteiger charge is 2.30. The third-order valence-corrected chi connectivity index (χ3v) is 3.24. The van der Waals surface area contributed by atoms with Crippen LogP contribution in [0.4, 0.5) is 0 Å². The first-order valence-corrected chi connectivity index (χ1v) is 6.59. The molecule has 0 heterocycles. The van der Waals surface area contributed by atoms with Crippen LogP contribution in [0.3, 0.4) is 0 Å². The van der Waals surface area contributed by atoms with Crippen LogP contribution in [-0.4, -0.2) is 24.5 Å². The lowest BCUT2D eigenvalue weighted by atomic mass is 9.86. The van der Waals surface area contributed by atoms with Crippen molar-refractivity contribution in [1.29, 1.82) is 0 Å². The fourth-order valence-electron chi connectivity index (χ4n) is 2.45. The molecule has 17 heavy (non-hydrogen) atoms. The van der Waals surface area contributed by atoms with Gasteiger partial charge in [0.2, 0.25) is 5.91 Å². The van der Waals surface area contributed by atoms with Gasteiger partial charge < -0.3 is 10.1 Å². The minimum Gasteiger partial charge on any atom is -0.466 e. The number of nitrogens with one attached hydrogen (secondary N) is 1. The topological polar surface area (TPSA) is 55.4 Å². The monoisotopic (exact) mass is 241 g/mol. The van der Waals surface area contributed by atoms with Gasteiger partial charge >= 0.3 is 5.97 Å².